The Morgan fingerprint density at radius 2 is 1.19 bits per heavy atom. The summed E-state index contributed by atoms with van der Waals surface area (Å²) in [5.74, 6) is -1.83. The van der Waals surface area contributed by atoms with Gasteiger partial charge in [0.05, 0.1) is 0 Å². The highest BCUT2D eigenvalue weighted by Crippen LogP contribution is 2.37. The fraction of sp³-hybridized carbons (Fsp3) is 0.419. The molecule has 2 amide bonds. The fourth-order valence-electron chi connectivity index (χ4n) is 4.16. The van der Waals surface area contributed by atoms with Crippen LogP contribution in [0.15, 0.2) is 52.9 Å². The van der Waals surface area contributed by atoms with Crippen LogP contribution in [0.25, 0.3) is 0 Å². The Balaban J connectivity index is 0.000000300. The molecule has 0 spiro atoms. The number of anilines is 2. The van der Waals surface area contributed by atoms with Crippen molar-refractivity contribution in [3.8, 4) is 5.19 Å². The van der Waals surface area contributed by atoms with Gasteiger partial charge in [-0.3, -0.25) is 9.59 Å². The molecule has 0 aliphatic heterocycles. The lowest BCUT2D eigenvalue weighted by Gasteiger charge is -2.35. The Labute approximate surface area is 324 Å². The first-order valence-electron chi connectivity index (χ1n) is 15.0. The maximum Gasteiger partial charge on any atom is 0.376 e. The zero-order valence-corrected chi connectivity index (χ0v) is 33.4. The van der Waals surface area contributed by atoms with Crippen LogP contribution in [-0.2, 0) is 30.2 Å². The monoisotopic (exact) mass is 866 g/mol. The second-order valence-corrected chi connectivity index (χ2v) is 17.8. The molecule has 0 atom stereocenters. The van der Waals surface area contributed by atoms with Gasteiger partial charge >= 0.3 is 10.8 Å². The van der Waals surface area contributed by atoms with Crippen LogP contribution in [-0.4, -0.2) is 76.3 Å². The van der Waals surface area contributed by atoms with Crippen LogP contribution < -0.4 is 14.5 Å². The van der Waals surface area contributed by atoms with Gasteiger partial charge in [0, 0.05) is 28.7 Å². The molecule has 4 aromatic rings. The van der Waals surface area contributed by atoms with Crippen LogP contribution >= 0.6 is 45.9 Å². The van der Waals surface area contributed by atoms with Gasteiger partial charge in [-0.1, -0.05) is 39.9 Å². The molecule has 0 saturated heterocycles. The molecule has 0 fully saturated rings. The molecule has 2 aromatic carbocycles. The molecule has 0 unspecified atom stereocenters. The summed E-state index contributed by atoms with van der Waals surface area (Å²) in [4.78, 5) is 26.9. The van der Waals surface area contributed by atoms with Crippen LogP contribution in [0.5, 0.6) is 5.19 Å². The van der Waals surface area contributed by atoms with E-state index in [1.54, 1.807) is 32.9 Å². The van der Waals surface area contributed by atoms with Crippen LogP contribution in [0.4, 0.5) is 37.7 Å². The average molecular weight is 868 g/mol. The second-order valence-electron chi connectivity index (χ2n) is 12.7. The fourth-order valence-corrected chi connectivity index (χ4v) is 6.50. The number of hydrogen-bond acceptors (Lipinski definition) is 12. The first kappa shape index (κ1) is 46.5. The number of hydrogen-bond donors (Lipinski definition) is 1. The van der Waals surface area contributed by atoms with Crippen LogP contribution in [0.3, 0.4) is 0 Å². The minimum absolute atomic E-state index is 0.211. The van der Waals surface area contributed by atoms with E-state index >= 15 is 0 Å². The van der Waals surface area contributed by atoms with Gasteiger partial charge in [0.25, 0.3) is 17.0 Å². The maximum atomic E-state index is 13.5. The molecule has 0 saturated carbocycles. The van der Waals surface area contributed by atoms with Crippen molar-refractivity contribution >= 4 is 78.9 Å². The number of aliphatic hydroxyl groups excluding tert-OH is 1. The Morgan fingerprint density at radius 1 is 0.759 bits per heavy atom. The zero-order valence-electron chi connectivity index (χ0n) is 29.5. The van der Waals surface area contributed by atoms with Crippen molar-refractivity contribution < 1.29 is 54.2 Å². The SMILES string of the molecule is CC(C)(C)N(C(=O)CO)c1cccc(F)c1.CC(C)(C)N(C(=O)COc1nnc(C(F)(F)Cl)s1)c1cccc(F)c1.CS(=O)(=O)c1nnc(C(F)(F)Cl)s1. The van der Waals surface area contributed by atoms with Crippen molar-refractivity contribution in [3.63, 3.8) is 0 Å². The molecule has 54 heavy (non-hydrogen) atoms. The van der Waals surface area contributed by atoms with Gasteiger partial charge in [0.2, 0.25) is 24.2 Å². The summed E-state index contributed by atoms with van der Waals surface area (Å²) in [7, 11) is -3.59. The Hall–Kier alpha value is -3.63. The number of nitrogens with zero attached hydrogens (tertiary/aromatic N) is 6. The lowest BCUT2D eigenvalue weighted by atomic mass is 10.0. The first-order chi connectivity index (χ1) is 24.5. The van der Waals surface area contributed by atoms with Gasteiger partial charge in [-0.2, -0.15) is 17.6 Å². The van der Waals surface area contributed by atoms with Crippen LogP contribution in [0.1, 0.15) is 51.6 Å². The average Bonchev–Trinajstić information content (AvgIpc) is 3.71. The third-order valence-electron chi connectivity index (χ3n) is 6.04. The molecule has 12 nitrogen and oxygen atoms in total. The molecule has 2 heterocycles. The molecule has 298 valence electrons. The largest absolute Gasteiger partial charge is 0.459 e. The van der Waals surface area contributed by atoms with Crippen molar-refractivity contribution in [3.05, 3.63) is 70.2 Å². The summed E-state index contributed by atoms with van der Waals surface area (Å²) in [6.07, 6.45) is 0.851. The quantitative estimate of drug-likeness (QED) is 0.133. The highest BCUT2D eigenvalue weighted by molar-refractivity contribution is 7.92. The van der Waals surface area contributed by atoms with E-state index < -0.39 is 82.7 Å². The first-order valence-corrected chi connectivity index (χ1v) is 19.3. The maximum absolute atomic E-state index is 13.5. The highest BCUT2D eigenvalue weighted by atomic mass is 35.5. The number of aliphatic hydroxyl groups is 1. The predicted molar refractivity (Wildman–Crippen MR) is 192 cm³/mol. The van der Waals surface area contributed by atoms with Crippen molar-refractivity contribution in [2.24, 2.45) is 0 Å². The van der Waals surface area contributed by atoms with Crippen molar-refractivity contribution in [2.75, 3.05) is 29.3 Å². The third-order valence-corrected chi connectivity index (χ3v) is 10.2. The van der Waals surface area contributed by atoms with Crippen molar-refractivity contribution in [1.82, 2.24) is 20.4 Å². The van der Waals surface area contributed by atoms with E-state index in [-0.39, 0.29) is 16.5 Å². The summed E-state index contributed by atoms with van der Waals surface area (Å²) in [6, 6.07) is 11.3. The summed E-state index contributed by atoms with van der Waals surface area (Å²) < 4.78 is 103. The Bertz CT molecular complexity index is 2000. The standard InChI is InChI=1S/C15H15ClF3N3O2S.C12H16FNO2.C4H3ClF2N2O2S2/c1-14(2,3)22(10-6-4-5-9(17)7-10)11(23)8-24-13-21-20-12(25-13)15(16,18)19;1-12(2,3)14(11(16)8-15)10-6-4-5-9(13)7-10;1-13(10,11)3-9-8-2(12-3)4(5,6)7/h4-7H,8H2,1-3H3;4-7,15H,8H2,1-3H3;1H3. The zero-order chi connectivity index (χ0) is 41.4. The smallest absolute Gasteiger partial charge is 0.376 e. The number of carbonyl (C=O) groups is 2. The van der Waals surface area contributed by atoms with Gasteiger partial charge in [-0.25, -0.2) is 17.2 Å². The number of rotatable bonds is 9. The normalized spacial score (nSPS) is 12.1. The lowest BCUT2D eigenvalue weighted by Crippen LogP contribution is -2.48. The number of amides is 2. The van der Waals surface area contributed by atoms with E-state index in [0.717, 1.165) is 6.26 Å². The number of sulfone groups is 1. The molecule has 0 aliphatic carbocycles. The molecule has 0 aliphatic rings. The number of ether oxygens (including phenoxy) is 1. The number of alkyl halides is 6. The number of aromatic nitrogens is 4. The third kappa shape index (κ3) is 14.2. The number of carbonyl (C=O) groups excluding carboxylic acids is 2. The van der Waals surface area contributed by atoms with E-state index in [0.29, 0.717) is 22.7 Å². The molecule has 2 aromatic heterocycles. The van der Waals surface area contributed by atoms with E-state index in [9.17, 15) is 44.3 Å². The molecule has 0 bridgehead atoms. The van der Waals surface area contributed by atoms with Crippen molar-refractivity contribution in [1.29, 1.82) is 0 Å². The minimum atomic E-state index is -3.67. The predicted octanol–water partition coefficient (Wildman–Crippen LogP) is 7.36. The van der Waals surface area contributed by atoms with E-state index in [2.05, 4.69) is 32.0 Å². The summed E-state index contributed by atoms with van der Waals surface area (Å²) in [5.41, 5.74) is -0.366. The molecule has 1 N–H and O–H groups in total. The molecule has 0 radical (unpaired) electrons. The summed E-state index contributed by atoms with van der Waals surface area (Å²) >= 11 is 10.1. The number of halogens is 8. The van der Waals surface area contributed by atoms with E-state index in [1.165, 1.54) is 46.2 Å². The molecule has 4 rings (SSSR count). The van der Waals surface area contributed by atoms with Gasteiger partial charge in [0.15, 0.2) is 6.61 Å². The van der Waals surface area contributed by atoms with E-state index in [1.807, 2.05) is 20.8 Å². The topological polar surface area (TPSA) is 156 Å². The summed E-state index contributed by atoms with van der Waals surface area (Å²) in [5, 5.41) is 12.5. The van der Waals surface area contributed by atoms with Gasteiger partial charge in [-0.05, 0) is 101 Å². The Morgan fingerprint density at radius 3 is 1.52 bits per heavy atom. The number of benzene rings is 2. The van der Waals surface area contributed by atoms with Crippen molar-refractivity contribution in [2.45, 2.75) is 67.7 Å². The van der Waals surface area contributed by atoms with E-state index in [4.69, 9.17) is 21.4 Å². The second kappa shape index (κ2) is 18.3. The Kier molecular flexibility index (Phi) is 15.8. The molecule has 23 heteroatoms. The van der Waals surface area contributed by atoms with Crippen LogP contribution in [0.2, 0.25) is 0 Å². The lowest BCUT2D eigenvalue weighted by molar-refractivity contribution is -0.122. The summed E-state index contributed by atoms with van der Waals surface area (Å²) in [6.45, 7) is 9.72. The minimum Gasteiger partial charge on any atom is -0.459 e. The molecular weight excluding hydrogens is 833 g/mol. The van der Waals surface area contributed by atoms with Crippen LogP contribution in [0, 0.1) is 11.6 Å². The van der Waals surface area contributed by atoms with Gasteiger partial charge in [0.1, 0.15) is 18.2 Å². The van der Waals surface area contributed by atoms with Gasteiger partial charge in [-0.15, -0.1) is 15.3 Å². The highest BCUT2D eigenvalue weighted by Gasteiger charge is 2.35. The molecular formula is C31H34Cl2F6N6O6S3. The van der Waals surface area contributed by atoms with Gasteiger partial charge < -0.3 is 19.6 Å².